The first-order valence-electron chi connectivity index (χ1n) is 8.05. The van der Waals surface area contributed by atoms with Gasteiger partial charge < -0.3 is 10.4 Å². The maximum Gasteiger partial charge on any atom is 0.335 e. The highest BCUT2D eigenvalue weighted by Crippen LogP contribution is 2.24. The number of carbonyl (C=O) groups excluding carboxylic acids is 1. The Hall–Kier alpha value is -2.25. The third-order valence-electron chi connectivity index (χ3n) is 4.29. The van der Waals surface area contributed by atoms with Gasteiger partial charge >= 0.3 is 5.97 Å². The number of aromatic carboxylic acids is 1. The SMILES string of the molecule is O=C(O)c1cccc(C(=O)NC[C@@H]2C[C@H](F)CN2Cc2cccs2)c1. The lowest BCUT2D eigenvalue weighted by Crippen LogP contribution is -2.39. The average Bonchev–Trinajstić information content (AvgIpc) is 3.22. The molecule has 132 valence electrons. The third-order valence-corrected chi connectivity index (χ3v) is 5.15. The van der Waals surface area contributed by atoms with Gasteiger partial charge in [0.05, 0.1) is 5.56 Å². The van der Waals surface area contributed by atoms with Crippen LogP contribution in [0.25, 0.3) is 0 Å². The van der Waals surface area contributed by atoms with Crippen molar-refractivity contribution in [1.82, 2.24) is 10.2 Å². The van der Waals surface area contributed by atoms with Gasteiger partial charge in [-0.15, -0.1) is 11.3 Å². The average molecular weight is 362 g/mol. The highest BCUT2D eigenvalue weighted by atomic mass is 32.1. The van der Waals surface area contributed by atoms with Crippen molar-refractivity contribution >= 4 is 23.2 Å². The molecule has 1 saturated heterocycles. The Morgan fingerprint density at radius 2 is 2.08 bits per heavy atom. The van der Waals surface area contributed by atoms with Crippen LogP contribution in [0.3, 0.4) is 0 Å². The summed E-state index contributed by atoms with van der Waals surface area (Å²) in [6.07, 6.45) is -0.502. The summed E-state index contributed by atoms with van der Waals surface area (Å²) in [4.78, 5) is 26.5. The Balaban J connectivity index is 1.60. The van der Waals surface area contributed by atoms with Gasteiger partial charge in [0.15, 0.2) is 0 Å². The molecule has 1 aliphatic heterocycles. The number of carbonyl (C=O) groups is 2. The van der Waals surface area contributed by atoms with Crippen LogP contribution >= 0.6 is 11.3 Å². The fraction of sp³-hybridized carbons (Fsp3) is 0.333. The van der Waals surface area contributed by atoms with Crippen molar-refractivity contribution < 1.29 is 19.1 Å². The Morgan fingerprint density at radius 1 is 1.28 bits per heavy atom. The van der Waals surface area contributed by atoms with Crippen LogP contribution in [0.2, 0.25) is 0 Å². The second kappa shape index (κ2) is 7.76. The molecular weight excluding hydrogens is 343 g/mol. The van der Waals surface area contributed by atoms with Crippen molar-refractivity contribution in [1.29, 1.82) is 0 Å². The minimum absolute atomic E-state index is 0.0660. The molecule has 2 atom stereocenters. The first-order valence-corrected chi connectivity index (χ1v) is 8.93. The van der Waals surface area contributed by atoms with E-state index in [9.17, 15) is 14.0 Å². The molecule has 25 heavy (non-hydrogen) atoms. The first-order chi connectivity index (χ1) is 12.0. The number of thiophene rings is 1. The van der Waals surface area contributed by atoms with Gasteiger partial charge in [0, 0.05) is 36.1 Å². The Morgan fingerprint density at radius 3 is 2.80 bits per heavy atom. The van der Waals surface area contributed by atoms with Crippen LogP contribution in [0.15, 0.2) is 41.8 Å². The molecule has 5 nitrogen and oxygen atoms in total. The summed E-state index contributed by atoms with van der Waals surface area (Å²) >= 11 is 1.63. The summed E-state index contributed by atoms with van der Waals surface area (Å²) < 4.78 is 13.8. The number of alkyl halides is 1. The standard InChI is InChI=1S/C18H19FN2O3S/c19-14-8-15(21(10-14)11-16-5-2-6-25-16)9-20-17(22)12-3-1-4-13(7-12)18(23)24/h1-7,14-15H,8-11H2,(H,20,22)(H,23,24)/t14-,15-/m0/s1. The van der Waals surface area contributed by atoms with Crippen molar-refractivity contribution in [3.05, 3.63) is 57.8 Å². The summed E-state index contributed by atoms with van der Waals surface area (Å²) in [7, 11) is 0. The third kappa shape index (κ3) is 4.43. The topological polar surface area (TPSA) is 69.6 Å². The molecule has 1 aromatic carbocycles. The highest BCUT2D eigenvalue weighted by molar-refractivity contribution is 7.09. The van der Waals surface area contributed by atoms with E-state index >= 15 is 0 Å². The Bertz CT molecular complexity index is 751. The van der Waals surface area contributed by atoms with E-state index in [2.05, 4.69) is 5.32 Å². The quantitative estimate of drug-likeness (QED) is 0.829. The zero-order chi connectivity index (χ0) is 17.8. The number of benzene rings is 1. The number of hydrogen-bond acceptors (Lipinski definition) is 4. The molecule has 1 aliphatic rings. The fourth-order valence-electron chi connectivity index (χ4n) is 3.04. The van der Waals surface area contributed by atoms with E-state index in [1.165, 1.54) is 23.1 Å². The number of nitrogens with one attached hydrogen (secondary N) is 1. The van der Waals surface area contributed by atoms with Crippen molar-refractivity contribution in [2.75, 3.05) is 13.1 Å². The second-order valence-electron chi connectivity index (χ2n) is 6.09. The smallest absolute Gasteiger partial charge is 0.335 e. The molecule has 0 radical (unpaired) electrons. The minimum atomic E-state index is -1.08. The number of rotatable bonds is 6. The molecule has 1 fully saturated rings. The van der Waals surface area contributed by atoms with Gasteiger partial charge in [0.1, 0.15) is 6.17 Å². The molecular formula is C18H19FN2O3S. The van der Waals surface area contributed by atoms with E-state index in [-0.39, 0.29) is 17.5 Å². The minimum Gasteiger partial charge on any atom is -0.478 e. The molecule has 1 amide bonds. The van der Waals surface area contributed by atoms with Gasteiger partial charge in [-0.2, -0.15) is 0 Å². The zero-order valence-corrected chi connectivity index (χ0v) is 14.3. The Labute approximate surface area is 149 Å². The van der Waals surface area contributed by atoms with Crippen LogP contribution in [-0.4, -0.2) is 47.2 Å². The predicted molar refractivity (Wildman–Crippen MR) is 93.8 cm³/mol. The number of hydrogen-bond donors (Lipinski definition) is 2. The van der Waals surface area contributed by atoms with E-state index in [0.29, 0.717) is 31.6 Å². The summed E-state index contributed by atoms with van der Waals surface area (Å²) in [6, 6.07) is 9.80. The van der Waals surface area contributed by atoms with Crippen LogP contribution in [0, 0.1) is 0 Å². The molecule has 2 N–H and O–H groups in total. The molecule has 0 saturated carbocycles. The fourth-order valence-corrected chi connectivity index (χ4v) is 3.77. The van der Waals surface area contributed by atoms with E-state index in [1.807, 2.05) is 22.4 Å². The summed E-state index contributed by atoms with van der Waals surface area (Å²) in [6.45, 7) is 1.38. The van der Waals surface area contributed by atoms with Gasteiger partial charge in [-0.1, -0.05) is 12.1 Å². The van der Waals surface area contributed by atoms with E-state index in [1.54, 1.807) is 17.4 Å². The number of nitrogens with zero attached hydrogens (tertiary/aromatic N) is 1. The van der Waals surface area contributed by atoms with E-state index in [4.69, 9.17) is 5.11 Å². The van der Waals surface area contributed by atoms with Gasteiger partial charge in [-0.3, -0.25) is 9.69 Å². The van der Waals surface area contributed by atoms with Gasteiger partial charge in [-0.05, 0) is 36.1 Å². The van der Waals surface area contributed by atoms with E-state index in [0.717, 1.165) is 0 Å². The van der Waals surface area contributed by atoms with Gasteiger partial charge in [0.25, 0.3) is 5.91 Å². The van der Waals surface area contributed by atoms with Crippen LogP contribution in [0.4, 0.5) is 4.39 Å². The maximum atomic E-state index is 13.8. The van der Waals surface area contributed by atoms with Crippen LogP contribution in [0.5, 0.6) is 0 Å². The van der Waals surface area contributed by atoms with Gasteiger partial charge in [-0.25, -0.2) is 9.18 Å². The molecule has 0 aliphatic carbocycles. The lowest BCUT2D eigenvalue weighted by molar-refractivity contribution is 0.0697. The molecule has 0 bridgehead atoms. The van der Waals surface area contributed by atoms with Crippen molar-refractivity contribution in [2.24, 2.45) is 0 Å². The zero-order valence-electron chi connectivity index (χ0n) is 13.5. The summed E-state index contributed by atoms with van der Waals surface area (Å²) in [5, 5.41) is 13.8. The second-order valence-corrected chi connectivity index (χ2v) is 7.12. The molecule has 3 rings (SSSR count). The lowest BCUT2D eigenvalue weighted by atomic mass is 10.1. The number of likely N-dealkylation sites (tertiary alicyclic amines) is 1. The molecule has 1 aromatic heterocycles. The molecule has 2 heterocycles. The van der Waals surface area contributed by atoms with Gasteiger partial charge in [0.2, 0.25) is 0 Å². The summed E-state index contributed by atoms with van der Waals surface area (Å²) in [5.41, 5.74) is 0.358. The first kappa shape index (κ1) is 17.6. The van der Waals surface area contributed by atoms with Crippen LogP contribution in [-0.2, 0) is 6.54 Å². The largest absolute Gasteiger partial charge is 0.478 e. The predicted octanol–water partition coefficient (Wildman–Crippen LogP) is 2.79. The highest BCUT2D eigenvalue weighted by Gasteiger charge is 2.32. The number of carboxylic acid groups (broad SMARTS) is 1. The van der Waals surface area contributed by atoms with E-state index < -0.39 is 12.1 Å². The molecule has 7 heteroatoms. The summed E-state index contributed by atoms with van der Waals surface area (Å²) in [5.74, 6) is -1.42. The number of amides is 1. The monoisotopic (exact) mass is 362 g/mol. The van der Waals surface area contributed by atoms with Crippen molar-refractivity contribution in [3.8, 4) is 0 Å². The lowest BCUT2D eigenvalue weighted by Gasteiger charge is -2.23. The molecule has 2 aromatic rings. The van der Waals surface area contributed by atoms with Crippen molar-refractivity contribution in [3.63, 3.8) is 0 Å². The van der Waals surface area contributed by atoms with Crippen LogP contribution in [0.1, 0.15) is 32.0 Å². The maximum absolute atomic E-state index is 13.8. The normalized spacial score (nSPS) is 20.5. The number of halogens is 1. The van der Waals surface area contributed by atoms with Crippen molar-refractivity contribution in [2.45, 2.75) is 25.2 Å². The number of carboxylic acids is 1. The molecule has 0 unspecified atom stereocenters. The Kier molecular flexibility index (Phi) is 5.45. The van der Waals surface area contributed by atoms with Crippen LogP contribution < -0.4 is 5.32 Å². The molecule has 0 spiro atoms.